The quantitative estimate of drug-likeness (QED) is 0.729. The van der Waals surface area contributed by atoms with Crippen LogP contribution in [0.15, 0.2) is 17.1 Å². The highest BCUT2D eigenvalue weighted by atomic mass is 16.5. The van der Waals surface area contributed by atoms with Crippen molar-refractivity contribution in [1.29, 1.82) is 0 Å². The first kappa shape index (κ1) is 10.8. The Kier molecular flexibility index (Phi) is 3.71. The maximum atomic E-state index is 11.0. The van der Waals surface area contributed by atoms with Crippen molar-refractivity contribution < 1.29 is 9.84 Å². The Morgan fingerprint density at radius 2 is 2.29 bits per heavy atom. The van der Waals surface area contributed by atoms with Crippen LogP contribution in [-0.2, 0) is 11.3 Å². The van der Waals surface area contributed by atoms with Crippen molar-refractivity contribution in [3.8, 4) is 5.75 Å². The zero-order chi connectivity index (χ0) is 10.6. The van der Waals surface area contributed by atoms with Crippen LogP contribution in [0.5, 0.6) is 5.75 Å². The Morgan fingerprint density at radius 1 is 1.57 bits per heavy atom. The van der Waals surface area contributed by atoms with Gasteiger partial charge in [-0.2, -0.15) is 0 Å². The molecule has 0 fully saturated rings. The highest BCUT2D eigenvalue weighted by Gasteiger charge is 2.03. The third kappa shape index (κ3) is 2.35. The molecule has 0 atom stereocenters. The average Bonchev–Trinajstić information content (AvgIpc) is 2.18. The lowest BCUT2D eigenvalue weighted by atomic mass is 10.3. The maximum absolute atomic E-state index is 11.0. The molecule has 0 saturated heterocycles. The average molecular weight is 197 g/mol. The number of ether oxygens (including phenoxy) is 1. The Bertz CT molecular complexity index is 357. The van der Waals surface area contributed by atoms with Gasteiger partial charge in [0.1, 0.15) is 0 Å². The molecule has 14 heavy (non-hydrogen) atoms. The lowest BCUT2D eigenvalue weighted by molar-refractivity contribution is 0.138. The Balaban J connectivity index is 2.78. The molecule has 1 rings (SSSR count). The van der Waals surface area contributed by atoms with E-state index in [9.17, 15) is 9.90 Å². The Labute approximate surface area is 82.8 Å². The van der Waals surface area contributed by atoms with Crippen LogP contribution < -0.4 is 5.43 Å². The number of rotatable bonds is 4. The van der Waals surface area contributed by atoms with Crippen molar-refractivity contribution in [3.63, 3.8) is 0 Å². The highest BCUT2D eigenvalue weighted by molar-refractivity contribution is 5.25. The van der Waals surface area contributed by atoms with Crippen LogP contribution in [0.2, 0.25) is 0 Å². The van der Waals surface area contributed by atoms with Gasteiger partial charge in [-0.05, 0) is 13.8 Å². The molecular formula is C10H15NO3. The van der Waals surface area contributed by atoms with Crippen LogP contribution in [-0.4, -0.2) is 22.9 Å². The summed E-state index contributed by atoms with van der Waals surface area (Å²) in [5.74, 6) is -0.177. The molecule has 0 aliphatic rings. The molecule has 1 aromatic rings. The fourth-order valence-corrected chi connectivity index (χ4v) is 1.21. The minimum Gasteiger partial charge on any atom is -0.503 e. The number of aromatic nitrogens is 1. The molecule has 1 heterocycles. The van der Waals surface area contributed by atoms with Crippen LogP contribution in [0.1, 0.15) is 12.6 Å². The Morgan fingerprint density at radius 3 is 2.93 bits per heavy atom. The van der Waals surface area contributed by atoms with Crippen molar-refractivity contribution >= 4 is 0 Å². The first-order chi connectivity index (χ1) is 6.66. The molecule has 0 saturated carbocycles. The minimum atomic E-state index is -0.338. The number of nitrogens with zero attached hydrogens (tertiary/aromatic N) is 1. The molecule has 0 unspecified atom stereocenters. The standard InChI is InChI=1S/C10H15NO3/c1-3-14-7-6-11-5-4-9(12)10(13)8(11)2/h4-5,13H,3,6-7H2,1-2H3. The lowest BCUT2D eigenvalue weighted by Crippen LogP contribution is -2.13. The second-order valence-corrected chi connectivity index (χ2v) is 3.00. The third-order valence-electron chi connectivity index (χ3n) is 2.09. The Hall–Kier alpha value is -1.29. The first-order valence-corrected chi connectivity index (χ1v) is 4.63. The predicted molar refractivity (Wildman–Crippen MR) is 53.6 cm³/mol. The molecule has 4 heteroatoms. The molecule has 0 amide bonds. The van der Waals surface area contributed by atoms with Gasteiger partial charge in [0.15, 0.2) is 5.75 Å². The van der Waals surface area contributed by atoms with E-state index < -0.39 is 0 Å². The summed E-state index contributed by atoms with van der Waals surface area (Å²) in [7, 11) is 0. The van der Waals surface area contributed by atoms with Crippen LogP contribution in [0.3, 0.4) is 0 Å². The van der Waals surface area contributed by atoms with Crippen molar-refractivity contribution in [2.24, 2.45) is 0 Å². The summed E-state index contributed by atoms with van der Waals surface area (Å²) in [6.07, 6.45) is 1.66. The van der Waals surface area contributed by atoms with Gasteiger partial charge in [-0.25, -0.2) is 0 Å². The summed E-state index contributed by atoms with van der Waals surface area (Å²) < 4.78 is 6.98. The number of hydrogen-bond donors (Lipinski definition) is 1. The summed E-state index contributed by atoms with van der Waals surface area (Å²) in [5.41, 5.74) is 0.243. The molecule has 0 spiro atoms. The van der Waals surface area contributed by atoms with Gasteiger partial charge >= 0.3 is 0 Å². The van der Waals surface area contributed by atoms with Gasteiger partial charge in [-0.3, -0.25) is 4.79 Å². The SMILES string of the molecule is CCOCCn1ccc(=O)c(O)c1C. The fourth-order valence-electron chi connectivity index (χ4n) is 1.21. The van der Waals surface area contributed by atoms with Gasteiger partial charge in [0.05, 0.1) is 12.3 Å². The monoisotopic (exact) mass is 197 g/mol. The van der Waals surface area contributed by atoms with E-state index in [4.69, 9.17) is 4.74 Å². The third-order valence-corrected chi connectivity index (χ3v) is 2.09. The topological polar surface area (TPSA) is 51.5 Å². The van der Waals surface area contributed by atoms with E-state index in [1.807, 2.05) is 6.92 Å². The van der Waals surface area contributed by atoms with E-state index in [0.717, 1.165) is 0 Å². The van der Waals surface area contributed by atoms with Crippen LogP contribution in [0.4, 0.5) is 0 Å². The van der Waals surface area contributed by atoms with Crippen LogP contribution in [0, 0.1) is 6.92 Å². The molecule has 1 aromatic heterocycles. The van der Waals surface area contributed by atoms with E-state index in [0.29, 0.717) is 25.5 Å². The van der Waals surface area contributed by atoms with Gasteiger partial charge in [-0.15, -0.1) is 0 Å². The zero-order valence-corrected chi connectivity index (χ0v) is 8.49. The minimum absolute atomic E-state index is 0.177. The number of aromatic hydroxyl groups is 1. The van der Waals surface area contributed by atoms with Crippen molar-refractivity contribution in [2.75, 3.05) is 13.2 Å². The molecule has 0 aliphatic carbocycles. The van der Waals surface area contributed by atoms with Gasteiger partial charge < -0.3 is 14.4 Å². The molecule has 0 aliphatic heterocycles. The normalized spacial score (nSPS) is 10.4. The molecule has 78 valence electrons. The van der Waals surface area contributed by atoms with E-state index in [-0.39, 0.29) is 11.2 Å². The van der Waals surface area contributed by atoms with Crippen LogP contribution >= 0.6 is 0 Å². The predicted octanol–water partition coefficient (Wildman–Crippen LogP) is 0.899. The zero-order valence-electron chi connectivity index (χ0n) is 8.49. The summed E-state index contributed by atoms with van der Waals surface area (Å²) in [6.45, 7) is 5.54. The van der Waals surface area contributed by atoms with Crippen molar-refractivity contribution in [2.45, 2.75) is 20.4 Å². The second-order valence-electron chi connectivity index (χ2n) is 3.00. The van der Waals surface area contributed by atoms with E-state index in [1.54, 1.807) is 17.7 Å². The van der Waals surface area contributed by atoms with Crippen molar-refractivity contribution in [3.05, 3.63) is 28.2 Å². The van der Waals surface area contributed by atoms with Crippen LogP contribution in [0.25, 0.3) is 0 Å². The highest BCUT2D eigenvalue weighted by Crippen LogP contribution is 2.08. The van der Waals surface area contributed by atoms with Gasteiger partial charge in [-0.1, -0.05) is 0 Å². The second kappa shape index (κ2) is 4.81. The van der Waals surface area contributed by atoms with Gasteiger partial charge in [0.2, 0.25) is 5.43 Å². The fraction of sp³-hybridized carbons (Fsp3) is 0.500. The molecule has 4 nitrogen and oxygen atoms in total. The summed E-state index contributed by atoms with van der Waals surface area (Å²) >= 11 is 0. The lowest BCUT2D eigenvalue weighted by Gasteiger charge is -2.10. The van der Waals surface area contributed by atoms with Gasteiger partial charge in [0, 0.05) is 25.4 Å². The largest absolute Gasteiger partial charge is 0.503 e. The summed E-state index contributed by atoms with van der Waals surface area (Å²) in [4.78, 5) is 11.0. The smallest absolute Gasteiger partial charge is 0.223 e. The van der Waals surface area contributed by atoms with E-state index in [2.05, 4.69) is 0 Å². The maximum Gasteiger partial charge on any atom is 0.223 e. The molecule has 0 bridgehead atoms. The number of hydrogen-bond acceptors (Lipinski definition) is 3. The first-order valence-electron chi connectivity index (χ1n) is 4.63. The van der Waals surface area contributed by atoms with Crippen molar-refractivity contribution in [1.82, 2.24) is 4.57 Å². The summed E-state index contributed by atoms with van der Waals surface area (Å²) in [6, 6.07) is 1.36. The summed E-state index contributed by atoms with van der Waals surface area (Å²) in [5, 5.41) is 9.37. The van der Waals surface area contributed by atoms with E-state index >= 15 is 0 Å². The van der Waals surface area contributed by atoms with Gasteiger partial charge in [0.25, 0.3) is 0 Å². The molecule has 0 radical (unpaired) electrons. The number of pyridine rings is 1. The molecule has 0 aromatic carbocycles. The molecular weight excluding hydrogens is 182 g/mol. The van der Waals surface area contributed by atoms with E-state index in [1.165, 1.54) is 6.07 Å². The molecule has 1 N–H and O–H groups in total.